The zero-order valence-corrected chi connectivity index (χ0v) is 45.1. The van der Waals surface area contributed by atoms with Gasteiger partial charge in [0.1, 0.15) is 20.2 Å². The molecule has 0 saturated carbocycles. The Morgan fingerprint density at radius 1 is 0.406 bits per heavy atom. The summed E-state index contributed by atoms with van der Waals surface area (Å²) in [5.74, 6) is -3.75. The van der Waals surface area contributed by atoms with E-state index in [2.05, 4.69) is 76.3 Å². The molecular weight excluding hydrogens is 953 g/mol. The van der Waals surface area contributed by atoms with E-state index in [1.165, 1.54) is 24.3 Å². The standard InChI is InChI=1S/2C26H38O7S.Ca/c2*1-3-5-7-9-11-13-15-20-32-25(27)22-18-17-19-23(34(29,30)31)24(22)26(28)33-21-16-14-12-10-8-6-4-2;/h2*5-8,17-19H,3-4,9-16,20-21H2,1-2H3,(H,29,30,31);/q;;+2/p-2/b2*7-5+,8-6+;. The van der Waals surface area contributed by atoms with Crippen LogP contribution in [0.3, 0.4) is 0 Å². The zero-order valence-electron chi connectivity index (χ0n) is 41.3. The number of carbonyl (C=O) groups is 4. The summed E-state index contributed by atoms with van der Waals surface area (Å²) >= 11 is 0. The molecule has 17 heteroatoms. The zero-order chi connectivity index (χ0) is 50.5. The first kappa shape index (κ1) is 65.4. The summed E-state index contributed by atoms with van der Waals surface area (Å²) in [6.07, 6.45) is 34.2. The van der Waals surface area contributed by atoms with Crippen LogP contribution in [-0.2, 0) is 39.2 Å². The molecule has 0 unspecified atom stereocenters. The fourth-order valence-electron chi connectivity index (χ4n) is 6.50. The predicted molar refractivity (Wildman–Crippen MR) is 267 cm³/mol. The van der Waals surface area contributed by atoms with Crippen molar-refractivity contribution in [2.75, 3.05) is 26.4 Å². The van der Waals surface area contributed by atoms with Gasteiger partial charge in [-0.1, -0.05) is 88.4 Å². The molecule has 0 N–H and O–H groups in total. The largest absolute Gasteiger partial charge is 2.00 e. The molecule has 0 radical (unpaired) electrons. The molecule has 0 aliphatic carbocycles. The summed E-state index contributed by atoms with van der Waals surface area (Å²) in [5, 5.41) is 0. The molecule has 0 spiro atoms. The fraction of sp³-hybridized carbons (Fsp3) is 0.538. The second kappa shape index (κ2) is 40.0. The summed E-state index contributed by atoms with van der Waals surface area (Å²) < 4.78 is 91.2. The summed E-state index contributed by atoms with van der Waals surface area (Å²) in [7, 11) is -9.99. The van der Waals surface area contributed by atoms with Gasteiger partial charge in [0.15, 0.2) is 0 Å². The van der Waals surface area contributed by atoms with Crippen molar-refractivity contribution >= 4 is 81.9 Å². The molecule has 0 bridgehead atoms. The van der Waals surface area contributed by atoms with E-state index in [1.54, 1.807) is 0 Å². The van der Waals surface area contributed by atoms with E-state index in [4.69, 9.17) is 18.9 Å². The molecule has 0 fully saturated rings. The molecule has 0 amide bonds. The van der Waals surface area contributed by atoms with Crippen LogP contribution in [-0.4, -0.2) is 114 Å². The topological polar surface area (TPSA) is 220 Å². The van der Waals surface area contributed by atoms with E-state index in [1.807, 2.05) is 0 Å². The van der Waals surface area contributed by atoms with Gasteiger partial charge in [0.05, 0.1) is 58.5 Å². The number of ether oxygens (including phenoxy) is 4. The molecule has 2 rings (SSSR count). The molecule has 0 saturated heterocycles. The van der Waals surface area contributed by atoms with Crippen LogP contribution in [0.1, 0.15) is 198 Å². The summed E-state index contributed by atoms with van der Waals surface area (Å²) in [6.45, 7) is 8.65. The number of hydrogen-bond acceptors (Lipinski definition) is 14. The van der Waals surface area contributed by atoms with Gasteiger partial charge >= 0.3 is 61.6 Å². The molecule has 0 aromatic heterocycles. The van der Waals surface area contributed by atoms with E-state index in [9.17, 15) is 45.1 Å². The Bertz CT molecular complexity index is 1990. The van der Waals surface area contributed by atoms with Crippen LogP contribution >= 0.6 is 0 Å². The predicted octanol–water partition coefficient (Wildman–Crippen LogP) is 11.5. The second-order valence-corrected chi connectivity index (χ2v) is 18.4. The van der Waals surface area contributed by atoms with Crippen LogP contribution in [0.2, 0.25) is 0 Å². The van der Waals surface area contributed by atoms with Crippen molar-refractivity contribution in [3.63, 3.8) is 0 Å². The first-order chi connectivity index (χ1) is 32.6. The van der Waals surface area contributed by atoms with E-state index < -0.39 is 65.0 Å². The van der Waals surface area contributed by atoms with Crippen molar-refractivity contribution in [2.45, 2.75) is 166 Å². The van der Waals surface area contributed by atoms with Gasteiger partial charge in [-0.2, -0.15) is 0 Å². The molecule has 0 aliphatic rings. The van der Waals surface area contributed by atoms with Gasteiger partial charge in [-0.3, -0.25) is 0 Å². The maximum atomic E-state index is 12.7. The SMILES string of the molecule is CC/C=C/CCCCCOC(=O)c1cccc(S(=O)(=O)[O-])c1C(=O)OCCCCC/C=C/CC.CC/C=C/CCCCCOC(=O)c1cccc(S(=O)(=O)[O-])c1C(=O)OCCCCC/C=C/CC.[Ca+2]. The minimum atomic E-state index is -5.00. The maximum Gasteiger partial charge on any atom is 2.00 e. The number of allylic oxidation sites excluding steroid dienone is 8. The Kier molecular flexibility index (Phi) is 37.9. The Hall–Kier alpha value is -3.64. The average molecular weight is 1030 g/mol. The van der Waals surface area contributed by atoms with Crippen molar-refractivity contribution in [3.8, 4) is 0 Å². The Morgan fingerprint density at radius 2 is 0.667 bits per heavy atom. The number of hydrogen-bond donors (Lipinski definition) is 0. The van der Waals surface area contributed by atoms with Crippen molar-refractivity contribution in [1.82, 2.24) is 0 Å². The van der Waals surface area contributed by atoms with Crippen LogP contribution in [0.5, 0.6) is 0 Å². The molecule has 0 atom stereocenters. The molecule has 0 heterocycles. The van der Waals surface area contributed by atoms with Crippen molar-refractivity contribution in [1.29, 1.82) is 0 Å². The second-order valence-electron chi connectivity index (χ2n) is 15.7. The van der Waals surface area contributed by atoms with E-state index >= 15 is 0 Å². The molecule has 2 aromatic rings. The summed E-state index contributed by atoms with van der Waals surface area (Å²) in [6, 6.07) is 7.01. The van der Waals surface area contributed by atoms with Gasteiger partial charge in [-0.05, 0) is 153 Å². The van der Waals surface area contributed by atoms with Crippen LogP contribution in [0.25, 0.3) is 0 Å². The van der Waals surface area contributed by atoms with Crippen LogP contribution in [0.15, 0.2) is 94.8 Å². The van der Waals surface area contributed by atoms with Crippen LogP contribution < -0.4 is 0 Å². The third kappa shape index (κ3) is 29.3. The number of benzene rings is 2. The Balaban J connectivity index is 0.00000132. The van der Waals surface area contributed by atoms with Gasteiger partial charge in [-0.25, -0.2) is 36.0 Å². The molecular formula is C52H74CaO14S2. The maximum absolute atomic E-state index is 12.7. The number of esters is 4. The number of carbonyl (C=O) groups excluding carboxylic acids is 4. The van der Waals surface area contributed by atoms with Gasteiger partial charge < -0.3 is 28.1 Å². The quantitative estimate of drug-likeness (QED) is 0.0159. The first-order valence-electron chi connectivity index (χ1n) is 24.1. The minimum Gasteiger partial charge on any atom is -0.744 e. The van der Waals surface area contributed by atoms with Crippen molar-refractivity contribution in [2.24, 2.45) is 0 Å². The van der Waals surface area contributed by atoms with E-state index in [0.717, 1.165) is 115 Å². The first-order valence-corrected chi connectivity index (χ1v) is 26.9. The summed E-state index contributed by atoms with van der Waals surface area (Å²) in [5.41, 5.74) is -1.67. The Morgan fingerprint density at radius 3 is 0.913 bits per heavy atom. The third-order valence-electron chi connectivity index (χ3n) is 10.0. The van der Waals surface area contributed by atoms with Gasteiger partial charge in [0.2, 0.25) is 0 Å². The molecule has 2 aromatic carbocycles. The molecule has 380 valence electrons. The number of unbranched alkanes of at least 4 members (excludes halogenated alkanes) is 12. The molecule has 14 nitrogen and oxygen atoms in total. The average Bonchev–Trinajstić information content (AvgIpc) is 3.31. The van der Waals surface area contributed by atoms with Gasteiger partial charge in [-0.15, -0.1) is 0 Å². The smallest absolute Gasteiger partial charge is 0.744 e. The Labute approximate surface area is 442 Å². The van der Waals surface area contributed by atoms with Gasteiger partial charge in [0, 0.05) is 0 Å². The fourth-order valence-corrected chi connectivity index (χ4v) is 7.88. The van der Waals surface area contributed by atoms with E-state index in [0.29, 0.717) is 25.7 Å². The van der Waals surface area contributed by atoms with E-state index in [-0.39, 0.29) is 75.3 Å². The normalized spacial score (nSPS) is 11.7. The number of rotatable bonds is 34. The molecule has 69 heavy (non-hydrogen) atoms. The molecule has 0 aliphatic heterocycles. The van der Waals surface area contributed by atoms with Crippen molar-refractivity contribution in [3.05, 3.63) is 107 Å². The van der Waals surface area contributed by atoms with Crippen LogP contribution in [0, 0.1) is 0 Å². The van der Waals surface area contributed by atoms with Crippen LogP contribution in [0.4, 0.5) is 0 Å². The third-order valence-corrected chi connectivity index (χ3v) is 11.8. The van der Waals surface area contributed by atoms with Gasteiger partial charge in [0.25, 0.3) is 0 Å². The monoisotopic (exact) mass is 1030 g/mol. The summed E-state index contributed by atoms with van der Waals surface area (Å²) in [4.78, 5) is 48.9. The minimum absolute atomic E-state index is 0. The van der Waals surface area contributed by atoms with Crippen molar-refractivity contribution < 1.29 is 64.1 Å².